The fraction of sp³-hybridized carbons (Fsp3) is 0.615. The number of nitrogens with one attached hydrogen (secondary N) is 1. The molecule has 1 rings (SSSR count). The van der Waals surface area contributed by atoms with E-state index in [4.69, 9.17) is 0 Å². The molecule has 0 aromatic carbocycles. The molecule has 1 atom stereocenters. The van der Waals surface area contributed by atoms with Crippen LogP contribution in [0.5, 0.6) is 0 Å². The second kappa shape index (κ2) is 5.86. The largest absolute Gasteiger partial charge is 0.312 e. The van der Waals surface area contributed by atoms with Gasteiger partial charge in [0.05, 0.1) is 0 Å². The molecule has 1 unspecified atom stereocenters. The maximum Gasteiger partial charge on any atom is 0.0417 e. The summed E-state index contributed by atoms with van der Waals surface area (Å²) in [4.78, 5) is 4.27. The van der Waals surface area contributed by atoms with Gasteiger partial charge in [0.15, 0.2) is 0 Å². The lowest BCUT2D eigenvalue weighted by Gasteiger charge is -2.16. The second-order valence-corrected chi connectivity index (χ2v) is 4.60. The number of rotatable bonds is 5. The van der Waals surface area contributed by atoms with Crippen molar-refractivity contribution in [1.82, 2.24) is 10.3 Å². The summed E-state index contributed by atoms with van der Waals surface area (Å²) < 4.78 is 0. The highest BCUT2D eigenvalue weighted by Crippen LogP contribution is 2.08. The lowest BCUT2D eigenvalue weighted by atomic mass is 9.98. The summed E-state index contributed by atoms with van der Waals surface area (Å²) in [6.07, 6.45) is 1.84. The van der Waals surface area contributed by atoms with Crippen molar-refractivity contribution < 1.29 is 0 Å². The molecule has 15 heavy (non-hydrogen) atoms. The summed E-state index contributed by atoms with van der Waals surface area (Å²) in [5.74, 6) is 1.47. The van der Waals surface area contributed by atoms with E-state index >= 15 is 0 Å². The summed E-state index contributed by atoms with van der Waals surface area (Å²) in [6, 6.07) is 4.13. The molecule has 0 aliphatic rings. The fourth-order valence-corrected chi connectivity index (χ4v) is 1.37. The van der Waals surface area contributed by atoms with E-state index in [1.54, 1.807) is 0 Å². The van der Waals surface area contributed by atoms with Crippen LogP contribution >= 0.6 is 0 Å². The average Bonchev–Trinajstić information content (AvgIpc) is 2.20. The summed E-state index contributed by atoms with van der Waals surface area (Å²) in [6.45, 7) is 10.9. The average molecular weight is 206 g/mol. The first-order chi connectivity index (χ1) is 7.11. The number of hydrogen-bond acceptors (Lipinski definition) is 2. The molecule has 0 amide bonds. The smallest absolute Gasteiger partial charge is 0.0417 e. The molecule has 0 saturated heterocycles. The van der Waals surface area contributed by atoms with Gasteiger partial charge >= 0.3 is 0 Å². The van der Waals surface area contributed by atoms with Crippen molar-refractivity contribution in [2.75, 3.05) is 6.54 Å². The molecule has 1 heterocycles. The number of hydrogen-bond donors (Lipinski definition) is 1. The molecule has 2 heteroatoms. The molecule has 0 saturated carbocycles. The molecular formula is C13H22N2. The van der Waals surface area contributed by atoms with Gasteiger partial charge in [-0.05, 0) is 36.9 Å². The van der Waals surface area contributed by atoms with Crippen molar-refractivity contribution in [2.24, 2.45) is 11.8 Å². The van der Waals surface area contributed by atoms with Crippen LogP contribution in [0.4, 0.5) is 0 Å². The first kappa shape index (κ1) is 12.2. The van der Waals surface area contributed by atoms with Crippen molar-refractivity contribution in [3.63, 3.8) is 0 Å². The van der Waals surface area contributed by atoms with E-state index in [1.807, 2.05) is 12.3 Å². The molecule has 0 radical (unpaired) electrons. The van der Waals surface area contributed by atoms with Gasteiger partial charge in [0, 0.05) is 18.4 Å². The van der Waals surface area contributed by atoms with Crippen LogP contribution in [0.25, 0.3) is 0 Å². The zero-order chi connectivity index (χ0) is 11.3. The van der Waals surface area contributed by atoms with Crippen molar-refractivity contribution in [3.05, 3.63) is 29.6 Å². The summed E-state index contributed by atoms with van der Waals surface area (Å²) in [5, 5.41) is 3.48. The predicted molar refractivity (Wildman–Crippen MR) is 64.7 cm³/mol. The maximum atomic E-state index is 4.27. The van der Waals surface area contributed by atoms with Crippen LogP contribution in [0.3, 0.4) is 0 Å². The Morgan fingerprint density at radius 3 is 2.67 bits per heavy atom. The third kappa shape index (κ3) is 4.00. The Morgan fingerprint density at radius 2 is 2.07 bits per heavy atom. The molecule has 0 aliphatic carbocycles. The van der Waals surface area contributed by atoms with Crippen LogP contribution in [-0.2, 0) is 6.54 Å². The van der Waals surface area contributed by atoms with Gasteiger partial charge in [-0.1, -0.05) is 26.8 Å². The van der Waals surface area contributed by atoms with Crippen molar-refractivity contribution in [1.29, 1.82) is 0 Å². The molecule has 0 spiro atoms. The van der Waals surface area contributed by atoms with Gasteiger partial charge in [-0.2, -0.15) is 0 Å². The van der Waals surface area contributed by atoms with Gasteiger partial charge in [0.1, 0.15) is 0 Å². The maximum absolute atomic E-state index is 4.27. The van der Waals surface area contributed by atoms with E-state index in [1.165, 1.54) is 5.56 Å². The third-order valence-electron chi connectivity index (χ3n) is 3.04. The Hall–Kier alpha value is -0.890. The Bertz CT molecular complexity index is 294. The van der Waals surface area contributed by atoms with Gasteiger partial charge in [-0.15, -0.1) is 0 Å². The van der Waals surface area contributed by atoms with Crippen LogP contribution in [0.15, 0.2) is 18.3 Å². The predicted octanol–water partition coefficient (Wildman–Crippen LogP) is 2.77. The third-order valence-corrected chi connectivity index (χ3v) is 3.04. The number of aryl methyl sites for hydroxylation is 1. The molecule has 0 aliphatic heterocycles. The van der Waals surface area contributed by atoms with Gasteiger partial charge in [-0.3, -0.25) is 4.98 Å². The Labute approximate surface area is 93.1 Å². The minimum atomic E-state index is 0.724. The zero-order valence-corrected chi connectivity index (χ0v) is 10.2. The van der Waals surface area contributed by atoms with E-state index in [2.05, 4.69) is 44.1 Å². The Morgan fingerprint density at radius 1 is 1.33 bits per heavy atom. The SMILES string of the molecule is Cc1ncccc1CNCC(C)C(C)C. The van der Waals surface area contributed by atoms with Crippen LogP contribution in [-0.4, -0.2) is 11.5 Å². The highest BCUT2D eigenvalue weighted by atomic mass is 14.9. The Balaban J connectivity index is 2.35. The molecule has 1 N–H and O–H groups in total. The van der Waals surface area contributed by atoms with Crippen LogP contribution in [0.2, 0.25) is 0 Å². The van der Waals surface area contributed by atoms with E-state index in [0.717, 1.165) is 30.6 Å². The lowest BCUT2D eigenvalue weighted by Crippen LogP contribution is -2.24. The zero-order valence-electron chi connectivity index (χ0n) is 10.2. The van der Waals surface area contributed by atoms with Crippen molar-refractivity contribution >= 4 is 0 Å². The summed E-state index contributed by atoms with van der Waals surface area (Å²) in [7, 11) is 0. The summed E-state index contributed by atoms with van der Waals surface area (Å²) in [5.41, 5.74) is 2.43. The molecule has 0 fully saturated rings. The first-order valence-corrected chi connectivity index (χ1v) is 5.72. The topological polar surface area (TPSA) is 24.9 Å². The molecule has 1 aromatic rings. The van der Waals surface area contributed by atoms with Gasteiger partial charge in [-0.25, -0.2) is 0 Å². The van der Waals surface area contributed by atoms with Crippen LogP contribution in [0.1, 0.15) is 32.0 Å². The first-order valence-electron chi connectivity index (χ1n) is 5.72. The van der Waals surface area contributed by atoms with E-state index < -0.39 is 0 Å². The normalized spacial score (nSPS) is 13.1. The van der Waals surface area contributed by atoms with E-state index in [9.17, 15) is 0 Å². The Kier molecular flexibility index (Phi) is 4.76. The molecule has 2 nitrogen and oxygen atoms in total. The van der Waals surface area contributed by atoms with Gasteiger partial charge < -0.3 is 5.32 Å². The lowest BCUT2D eigenvalue weighted by molar-refractivity contribution is 0.392. The van der Waals surface area contributed by atoms with Gasteiger partial charge in [0.2, 0.25) is 0 Å². The number of pyridine rings is 1. The highest BCUT2D eigenvalue weighted by molar-refractivity contribution is 5.17. The van der Waals surface area contributed by atoms with E-state index in [-0.39, 0.29) is 0 Å². The van der Waals surface area contributed by atoms with Gasteiger partial charge in [0.25, 0.3) is 0 Å². The molecule has 1 aromatic heterocycles. The van der Waals surface area contributed by atoms with Crippen molar-refractivity contribution in [3.8, 4) is 0 Å². The number of nitrogens with zero attached hydrogens (tertiary/aromatic N) is 1. The number of aromatic nitrogens is 1. The van der Waals surface area contributed by atoms with Crippen LogP contribution in [0, 0.1) is 18.8 Å². The molecule has 0 bridgehead atoms. The van der Waals surface area contributed by atoms with E-state index in [0.29, 0.717) is 0 Å². The molecular weight excluding hydrogens is 184 g/mol. The minimum absolute atomic E-state index is 0.724. The monoisotopic (exact) mass is 206 g/mol. The standard InChI is InChI=1S/C13H22N2/c1-10(2)11(3)8-14-9-13-6-5-7-15-12(13)4/h5-7,10-11,14H,8-9H2,1-4H3. The highest BCUT2D eigenvalue weighted by Gasteiger charge is 2.06. The molecule has 84 valence electrons. The van der Waals surface area contributed by atoms with Crippen molar-refractivity contribution in [2.45, 2.75) is 34.2 Å². The van der Waals surface area contributed by atoms with Crippen LogP contribution < -0.4 is 5.32 Å². The second-order valence-electron chi connectivity index (χ2n) is 4.60. The minimum Gasteiger partial charge on any atom is -0.312 e. The quantitative estimate of drug-likeness (QED) is 0.801. The summed E-state index contributed by atoms with van der Waals surface area (Å²) >= 11 is 0. The fourth-order valence-electron chi connectivity index (χ4n) is 1.37.